The van der Waals surface area contributed by atoms with Crippen molar-refractivity contribution in [2.24, 2.45) is 0 Å². The third kappa shape index (κ3) is 3.34. The van der Waals surface area contributed by atoms with Gasteiger partial charge in [0.2, 0.25) is 0 Å². The van der Waals surface area contributed by atoms with Crippen LogP contribution < -0.4 is 10.1 Å². The van der Waals surface area contributed by atoms with Crippen molar-refractivity contribution in [1.82, 2.24) is 5.32 Å². The number of hydrogen-bond acceptors (Lipinski definition) is 3. The molecule has 0 aliphatic carbocycles. The summed E-state index contributed by atoms with van der Waals surface area (Å²) in [6.07, 6.45) is 0. The minimum absolute atomic E-state index is 0.240. The fourth-order valence-corrected chi connectivity index (χ4v) is 1.92. The lowest BCUT2D eigenvalue weighted by Crippen LogP contribution is -2.07. The van der Waals surface area contributed by atoms with Crippen LogP contribution in [-0.4, -0.2) is 7.05 Å². The third-order valence-corrected chi connectivity index (χ3v) is 2.92. The molecule has 2 aromatic rings. The second kappa shape index (κ2) is 6.69. The minimum atomic E-state index is -0.416. The van der Waals surface area contributed by atoms with Gasteiger partial charge in [-0.25, -0.2) is 4.39 Å². The molecule has 1 N–H and O–H groups in total. The normalized spacial score (nSPS) is 10.1. The zero-order valence-corrected chi connectivity index (χ0v) is 11.2. The largest absolute Gasteiger partial charge is 0.489 e. The molecule has 2 rings (SSSR count). The maximum Gasteiger partial charge on any atom is 0.124 e. The quantitative estimate of drug-likeness (QED) is 0.908. The lowest BCUT2D eigenvalue weighted by Gasteiger charge is -2.12. The number of halogens is 1. The SMILES string of the molecule is CNCc1ccccc1OCc1ccc(F)cc1C#N. The van der Waals surface area contributed by atoms with Crippen LogP contribution in [-0.2, 0) is 13.2 Å². The average Bonchev–Trinajstić information content (AvgIpc) is 2.47. The number of rotatable bonds is 5. The molecule has 0 aromatic heterocycles. The van der Waals surface area contributed by atoms with E-state index in [9.17, 15) is 4.39 Å². The van der Waals surface area contributed by atoms with Gasteiger partial charge < -0.3 is 10.1 Å². The Morgan fingerprint density at radius 1 is 1.20 bits per heavy atom. The molecule has 3 nitrogen and oxygen atoms in total. The summed E-state index contributed by atoms with van der Waals surface area (Å²) in [7, 11) is 1.87. The predicted octanol–water partition coefficient (Wildman–Crippen LogP) is 3.00. The molecule has 102 valence electrons. The van der Waals surface area contributed by atoms with Gasteiger partial charge in [0.05, 0.1) is 11.6 Å². The van der Waals surface area contributed by atoms with Crippen LogP contribution >= 0.6 is 0 Å². The number of nitriles is 1. The van der Waals surface area contributed by atoms with E-state index in [1.165, 1.54) is 12.1 Å². The van der Waals surface area contributed by atoms with E-state index in [0.717, 1.165) is 11.3 Å². The highest BCUT2D eigenvalue weighted by Gasteiger charge is 2.06. The maximum absolute atomic E-state index is 13.1. The monoisotopic (exact) mass is 270 g/mol. The van der Waals surface area contributed by atoms with Crippen LogP contribution in [0.15, 0.2) is 42.5 Å². The fraction of sp³-hybridized carbons (Fsp3) is 0.188. The van der Waals surface area contributed by atoms with Crippen molar-refractivity contribution in [2.75, 3.05) is 7.05 Å². The number of hydrogen-bond donors (Lipinski definition) is 1. The lowest BCUT2D eigenvalue weighted by molar-refractivity contribution is 0.302. The van der Waals surface area contributed by atoms with Crippen molar-refractivity contribution < 1.29 is 9.13 Å². The summed E-state index contributed by atoms with van der Waals surface area (Å²) in [6, 6.07) is 13.8. The highest BCUT2D eigenvalue weighted by molar-refractivity contribution is 5.38. The third-order valence-electron chi connectivity index (χ3n) is 2.92. The lowest BCUT2D eigenvalue weighted by atomic mass is 10.1. The molecule has 0 aliphatic rings. The molecule has 0 saturated heterocycles. The summed E-state index contributed by atoms with van der Waals surface area (Å²) >= 11 is 0. The van der Waals surface area contributed by atoms with E-state index in [1.807, 2.05) is 37.4 Å². The highest BCUT2D eigenvalue weighted by Crippen LogP contribution is 2.20. The molecule has 0 radical (unpaired) electrons. The molecule has 0 fully saturated rings. The van der Waals surface area contributed by atoms with E-state index >= 15 is 0 Å². The van der Waals surface area contributed by atoms with E-state index in [-0.39, 0.29) is 6.61 Å². The van der Waals surface area contributed by atoms with Crippen LogP contribution in [0.25, 0.3) is 0 Å². The Kier molecular flexibility index (Phi) is 4.70. The summed E-state index contributed by atoms with van der Waals surface area (Å²) in [6.45, 7) is 0.939. The van der Waals surface area contributed by atoms with Crippen molar-refractivity contribution in [2.45, 2.75) is 13.2 Å². The number of nitrogens with zero attached hydrogens (tertiary/aromatic N) is 1. The van der Waals surface area contributed by atoms with Gasteiger partial charge in [-0.15, -0.1) is 0 Å². The molecule has 0 atom stereocenters. The molecular weight excluding hydrogens is 255 g/mol. The van der Waals surface area contributed by atoms with Gasteiger partial charge in [0.25, 0.3) is 0 Å². The van der Waals surface area contributed by atoms with Crippen LogP contribution in [0, 0.1) is 17.1 Å². The van der Waals surface area contributed by atoms with Crippen LogP contribution in [0.4, 0.5) is 4.39 Å². The summed E-state index contributed by atoms with van der Waals surface area (Å²) in [5.41, 5.74) is 2.01. The van der Waals surface area contributed by atoms with Crippen LogP contribution in [0.1, 0.15) is 16.7 Å². The highest BCUT2D eigenvalue weighted by atomic mass is 19.1. The molecule has 20 heavy (non-hydrogen) atoms. The first-order chi connectivity index (χ1) is 9.74. The Morgan fingerprint density at radius 2 is 2.00 bits per heavy atom. The van der Waals surface area contributed by atoms with Gasteiger partial charge in [0.15, 0.2) is 0 Å². The van der Waals surface area contributed by atoms with E-state index < -0.39 is 5.82 Å². The van der Waals surface area contributed by atoms with Crippen molar-refractivity contribution in [3.05, 3.63) is 65.0 Å². The minimum Gasteiger partial charge on any atom is -0.489 e. The topological polar surface area (TPSA) is 45.0 Å². The van der Waals surface area contributed by atoms with Gasteiger partial charge in [0, 0.05) is 17.7 Å². The first-order valence-electron chi connectivity index (χ1n) is 6.28. The first-order valence-corrected chi connectivity index (χ1v) is 6.28. The van der Waals surface area contributed by atoms with Crippen LogP contribution in [0.5, 0.6) is 5.75 Å². The van der Waals surface area contributed by atoms with Crippen LogP contribution in [0.2, 0.25) is 0 Å². The molecule has 0 bridgehead atoms. The second-order valence-corrected chi connectivity index (χ2v) is 4.34. The smallest absolute Gasteiger partial charge is 0.124 e. The van der Waals surface area contributed by atoms with Gasteiger partial charge in [-0.2, -0.15) is 5.26 Å². The van der Waals surface area contributed by atoms with Gasteiger partial charge in [-0.05, 0) is 25.2 Å². The van der Waals surface area contributed by atoms with Gasteiger partial charge >= 0.3 is 0 Å². The Morgan fingerprint density at radius 3 is 2.75 bits per heavy atom. The average molecular weight is 270 g/mol. The molecule has 0 saturated carbocycles. The van der Waals surface area contributed by atoms with Gasteiger partial charge in [-0.1, -0.05) is 24.3 Å². The van der Waals surface area contributed by atoms with Crippen molar-refractivity contribution in [3.8, 4) is 11.8 Å². The van der Waals surface area contributed by atoms with E-state index in [0.29, 0.717) is 17.7 Å². The summed E-state index contributed by atoms with van der Waals surface area (Å²) in [4.78, 5) is 0. The first kappa shape index (κ1) is 14.0. The molecular formula is C16H15FN2O. The number of ether oxygens (including phenoxy) is 1. The standard InChI is InChI=1S/C16H15FN2O/c1-19-10-12-4-2-3-5-16(12)20-11-13-6-7-15(17)8-14(13)9-18/h2-8,19H,10-11H2,1H3. The van der Waals surface area contributed by atoms with Gasteiger partial charge in [-0.3, -0.25) is 0 Å². The zero-order chi connectivity index (χ0) is 14.4. The summed E-state index contributed by atoms with van der Waals surface area (Å²) < 4.78 is 18.8. The molecule has 2 aromatic carbocycles. The molecule has 0 amide bonds. The molecule has 0 heterocycles. The fourth-order valence-electron chi connectivity index (χ4n) is 1.92. The Bertz CT molecular complexity index is 635. The molecule has 0 unspecified atom stereocenters. The van der Waals surface area contributed by atoms with Crippen LogP contribution in [0.3, 0.4) is 0 Å². The van der Waals surface area contributed by atoms with E-state index in [1.54, 1.807) is 6.07 Å². The summed E-state index contributed by atoms with van der Waals surface area (Å²) in [5.74, 6) is 0.343. The second-order valence-electron chi connectivity index (χ2n) is 4.34. The maximum atomic E-state index is 13.1. The number of benzene rings is 2. The predicted molar refractivity (Wildman–Crippen MR) is 74.7 cm³/mol. The Hall–Kier alpha value is -2.38. The Labute approximate surface area is 117 Å². The Balaban J connectivity index is 2.15. The zero-order valence-electron chi connectivity index (χ0n) is 11.2. The van der Waals surface area contributed by atoms with Crippen molar-refractivity contribution >= 4 is 0 Å². The van der Waals surface area contributed by atoms with Crippen molar-refractivity contribution in [3.63, 3.8) is 0 Å². The molecule has 0 aliphatic heterocycles. The number of nitrogens with one attached hydrogen (secondary N) is 1. The van der Waals surface area contributed by atoms with Crippen molar-refractivity contribution in [1.29, 1.82) is 5.26 Å². The molecule has 0 spiro atoms. The van der Waals surface area contributed by atoms with Gasteiger partial charge in [0.1, 0.15) is 18.2 Å². The van der Waals surface area contributed by atoms with E-state index in [2.05, 4.69) is 5.32 Å². The molecule has 4 heteroatoms. The number of para-hydroxylation sites is 1. The van der Waals surface area contributed by atoms with E-state index in [4.69, 9.17) is 10.00 Å². The summed E-state index contributed by atoms with van der Waals surface area (Å²) in [5, 5.41) is 12.1.